The van der Waals surface area contributed by atoms with Crippen LogP contribution in [0.5, 0.6) is 5.75 Å². The van der Waals surface area contributed by atoms with Crippen molar-refractivity contribution in [3.05, 3.63) is 18.5 Å². The van der Waals surface area contributed by atoms with Crippen molar-refractivity contribution in [1.29, 1.82) is 0 Å². The van der Waals surface area contributed by atoms with Crippen LogP contribution in [0.3, 0.4) is 0 Å². The number of benzene rings is 1. The third-order valence-corrected chi connectivity index (χ3v) is 7.11. The van der Waals surface area contributed by atoms with Crippen LogP contribution in [0.1, 0.15) is 59.9 Å². The molecule has 0 spiro atoms. The van der Waals surface area contributed by atoms with Crippen LogP contribution in [0.2, 0.25) is 0 Å². The van der Waals surface area contributed by atoms with Crippen LogP contribution in [0.15, 0.2) is 18.5 Å². The van der Waals surface area contributed by atoms with Crippen molar-refractivity contribution in [3.63, 3.8) is 0 Å². The molecule has 1 aliphatic carbocycles. The molecule has 1 aromatic carbocycles. The van der Waals surface area contributed by atoms with Crippen molar-refractivity contribution in [2.75, 3.05) is 6.54 Å². The third-order valence-electron chi connectivity index (χ3n) is 7.11. The largest absolute Gasteiger partial charge is 0.495 e. The summed E-state index contributed by atoms with van der Waals surface area (Å²) in [4.78, 5) is 16.3. The zero-order chi connectivity index (χ0) is 21.3. The Bertz CT molecular complexity index is 982. The summed E-state index contributed by atoms with van der Waals surface area (Å²) in [5, 5.41) is 2.91. The van der Waals surface area contributed by atoms with Crippen LogP contribution in [-0.4, -0.2) is 46.4 Å². The average molecular weight is 411 g/mol. The first-order valence-electron chi connectivity index (χ1n) is 10.9. The molecule has 2 saturated heterocycles. The highest BCUT2D eigenvalue weighted by atomic mass is 16.7. The molecule has 2 atom stereocenters. The Morgan fingerprint density at radius 2 is 1.93 bits per heavy atom. The van der Waals surface area contributed by atoms with Crippen LogP contribution >= 0.6 is 0 Å². The molecule has 3 fully saturated rings. The minimum absolute atomic E-state index is 0.0922. The van der Waals surface area contributed by atoms with Crippen LogP contribution in [-0.2, 0) is 14.1 Å². The molecule has 0 bridgehead atoms. The van der Waals surface area contributed by atoms with Crippen LogP contribution in [0.25, 0.3) is 11.0 Å². The van der Waals surface area contributed by atoms with Crippen LogP contribution < -0.4 is 15.5 Å². The highest BCUT2D eigenvalue weighted by Gasteiger charge is 2.52. The predicted molar refractivity (Wildman–Crippen MR) is 115 cm³/mol. The van der Waals surface area contributed by atoms with Crippen molar-refractivity contribution in [1.82, 2.24) is 14.9 Å². The van der Waals surface area contributed by atoms with Gasteiger partial charge in [-0.05, 0) is 65.1 Å². The van der Waals surface area contributed by atoms with Gasteiger partial charge in [-0.1, -0.05) is 0 Å². The fourth-order valence-electron chi connectivity index (χ4n) is 4.24. The number of imidazole rings is 1. The molecule has 1 amide bonds. The molecular weight excluding hydrogens is 381 g/mol. The molecule has 2 aromatic rings. The fourth-order valence-corrected chi connectivity index (χ4v) is 4.24. The molecule has 160 valence electrons. The summed E-state index contributed by atoms with van der Waals surface area (Å²) < 4.78 is 21.2. The Hall–Kier alpha value is -2.06. The van der Waals surface area contributed by atoms with Gasteiger partial charge in [-0.25, -0.2) is 4.98 Å². The number of nitrogens with zero attached hydrogens (tertiary/aromatic N) is 2. The molecule has 0 radical (unpaired) electrons. The molecule has 30 heavy (non-hydrogen) atoms. The van der Waals surface area contributed by atoms with Gasteiger partial charge in [-0.2, -0.15) is 0 Å². The zero-order valence-corrected chi connectivity index (χ0v) is 18.4. The van der Waals surface area contributed by atoms with Crippen molar-refractivity contribution in [2.45, 2.75) is 77.2 Å². The van der Waals surface area contributed by atoms with Gasteiger partial charge in [0.15, 0.2) is 0 Å². The average Bonchev–Trinajstić information content (AvgIpc) is 3.18. The Kier molecular flexibility index (Phi) is 4.45. The number of hydrogen-bond acceptors (Lipinski definition) is 5. The second-order valence-corrected chi connectivity index (χ2v) is 9.95. The molecule has 8 heteroatoms. The summed E-state index contributed by atoms with van der Waals surface area (Å²) in [7, 11) is -0.474. The van der Waals surface area contributed by atoms with Gasteiger partial charge < -0.3 is 23.9 Å². The molecule has 5 rings (SSSR count). The van der Waals surface area contributed by atoms with Gasteiger partial charge in [0.05, 0.1) is 23.0 Å². The number of hydrogen-bond donors (Lipinski definition) is 1. The highest BCUT2D eigenvalue weighted by Crippen LogP contribution is 2.41. The molecule has 3 heterocycles. The fraction of sp³-hybridized carbons (Fsp3) is 0.636. The van der Waals surface area contributed by atoms with Crippen LogP contribution in [0.4, 0.5) is 0 Å². The van der Waals surface area contributed by atoms with E-state index >= 15 is 0 Å². The van der Waals surface area contributed by atoms with Gasteiger partial charge in [0.1, 0.15) is 17.4 Å². The second-order valence-electron chi connectivity index (χ2n) is 9.95. The first-order valence-corrected chi connectivity index (χ1v) is 10.9. The standard InChI is InChI=1S/C22H30BN3O4/c1-13(14-8-19(27)24-11-14)28-18-10-15(23-29-21(2,3)22(4,5)30-23)9-17-20(18)26(12-25-17)16-6-7-16/h9-10,12-14,16H,6-8,11H2,1-5H3,(H,24,27). The lowest BCUT2D eigenvalue weighted by Gasteiger charge is -2.32. The third kappa shape index (κ3) is 3.30. The van der Waals surface area contributed by atoms with Gasteiger partial charge in [0, 0.05) is 24.9 Å². The van der Waals surface area contributed by atoms with E-state index < -0.39 is 18.3 Å². The highest BCUT2D eigenvalue weighted by molar-refractivity contribution is 6.62. The molecule has 3 aliphatic rings. The minimum Gasteiger partial charge on any atom is -0.488 e. The first kappa shape index (κ1) is 19.9. The van der Waals surface area contributed by atoms with E-state index in [0.29, 0.717) is 19.0 Å². The molecule has 2 unspecified atom stereocenters. The van der Waals surface area contributed by atoms with E-state index in [1.807, 2.05) is 19.3 Å². The smallest absolute Gasteiger partial charge is 0.488 e. The van der Waals surface area contributed by atoms with Gasteiger partial charge in [-0.3, -0.25) is 4.79 Å². The van der Waals surface area contributed by atoms with E-state index in [0.717, 1.165) is 22.2 Å². The Morgan fingerprint density at radius 1 is 1.23 bits per heavy atom. The zero-order valence-electron chi connectivity index (χ0n) is 18.4. The van der Waals surface area contributed by atoms with Crippen molar-refractivity contribution in [2.24, 2.45) is 5.92 Å². The quantitative estimate of drug-likeness (QED) is 0.766. The molecule has 2 aliphatic heterocycles. The molecule has 1 aromatic heterocycles. The van der Waals surface area contributed by atoms with Crippen molar-refractivity contribution >= 4 is 29.5 Å². The molecule has 1 saturated carbocycles. The number of amides is 1. The lowest BCUT2D eigenvalue weighted by molar-refractivity contribution is -0.119. The van der Waals surface area contributed by atoms with E-state index in [1.54, 1.807) is 0 Å². The number of aromatic nitrogens is 2. The summed E-state index contributed by atoms with van der Waals surface area (Å²) in [5.74, 6) is 1.04. The van der Waals surface area contributed by atoms with Gasteiger partial charge >= 0.3 is 7.12 Å². The Morgan fingerprint density at radius 3 is 2.53 bits per heavy atom. The van der Waals surface area contributed by atoms with E-state index in [-0.39, 0.29) is 17.9 Å². The number of carbonyl (C=O) groups is 1. The number of rotatable bonds is 5. The normalized spacial score (nSPS) is 26.2. The maximum atomic E-state index is 11.7. The summed E-state index contributed by atoms with van der Waals surface area (Å²) in [5.41, 5.74) is 1.98. The number of fused-ring (bicyclic) bond motifs is 1. The number of nitrogens with one attached hydrogen (secondary N) is 1. The first-order chi connectivity index (χ1) is 14.1. The topological polar surface area (TPSA) is 74.6 Å². The molecular formula is C22H30BN3O4. The number of ether oxygens (including phenoxy) is 1. The Labute approximate surface area is 177 Å². The van der Waals surface area contributed by atoms with Crippen molar-refractivity contribution < 1.29 is 18.8 Å². The van der Waals surface area contributed by atoms with E-state index in [9.17, 15) is 4.79 Å². The maximum absolute atomic E-state index is 11.7. The summed E-state index contributed by atoms with van der Waals surface area (Å²) in [6.07, 6.45) is 4.65. The summed E-state index contributed by atoms with van der Waals surface area (Å²) in [6, 6.07) is 4.57. The van der Waals surface area contributed by atoms with Crippen molar-refractivity contribution in [3.8, 4) is 5.75 Å². The molecule has 1 N–H and O–H groups in total. The SMILES string of the molecule is CC(Oc1cc(B2OC(C)(C)C(C)(C)O2)cc2ncn(C3CC3)c12)C1CNC(=O)C1. The van der Waals surface area contributed by atoms with Gasteiger partial charge in [0.25, 0.3) is 0 Å². The second kappa shape index (κ2) is 6.72. The molecule has 7 nitrogen and oxygen atoms in total. The van der Waals surface area contributed by atoms with E-state index in [2.05, 4.69) is 48.6 Å². The van der Waals surface area contributed by atoms with E-state index in [4.69, 9.17) is 14.0 Å². The number of carbonyl (C=O) groups excluding carboxylic acids is 1. The lowest BCUT2D eigenvalue weighted by atomic mass is 9.78. The lowest BCUT2D eigenvalue weighted by Crippen LogP contribution is -2.41. The van der Waals surface area contributed by atoms with Gasteiger partial charge in [0.2, 0.25) is 5.91 Å². The summed E-state index contributed by atoms with van der Waals surface area (Å²) in [6.45, 7) is 10.9. The maximum Gasteiger partial charge on any atom is 0.495 e. The predicted octanol–water partition coefficient (Wildman–Crippen LogP) is 2.57. The minimum atomic E-state index is -0.474. The van der Waals surface area contributed by atoms with E-state index in [1.165, 1.54) is 12.8 Å². The summed E-state index contributed by atoms with van der Waals surface area (Å²) >= 11 is 0. The monoisotopic (exact) mass is 411 g/mol. The van der Waals surface area contributed by atoms with Crippen LogP contribution in [0, 0.1) is 5.92 Å². The Balaban J connectivity index is 1.52. The van der Waals surface area contributed by atoms with Gasteiger partial charge in [-0.15, -0.1) is 0 Å².